The molecule has 4 heterocycles. The van der Waals surface area contributed by atoms with Gasteiger partial charge in [-0.3, -0.25) is 14.6 Å². The second kappa shape index (κ2) is 7.73. The summed E-state index contributed by atoms with van der Waals surface area (Å²) in [7, 11) is 0. The average Bonchev–Trinajstić information content (AvgIpc) is 3.10. The van der Waals surface area contributed by atoms with Gasteiger partial charge >= 0.3 is 0 Å². The highest BCUT2D eigenvalue weighted by Crippen LogP contribution is 2.39. The summed E-state index contributed by atoms with van der Waals surface area (Å²) in [5.41, 5.74) is 1.06. The Bertz CT molecular complexity index is 849. The van der Waals surface area contributed by atoms with E-state index in [2.05, 4.69) is 9.97 Å². The number of aromatic nitrogens is 3. The maximum atomic E-state index is 12.9. The number of amides is 2. The minimum Gasteiger partial charge on any atom is -0.341 e. The monoisotopic (exact) mass is 381 g/mol. The van der Waals surface area contributed by atoms with Crippen LogP contribution in [-0.4, -0.2) is 55.8 Å². The van der Waals surface area contributed by atoms with E-state index in [1.807, 2.05) is 45.8 Å². The van der Waals surface area contributed by atoms with E-state index in [1.54, 1.807) is 12.4 Å². The highest BCUT2D eigenvalue weighted by Gasteiger charge is 2.42. The highest BCUT2D eigenvalue weighted by molar-refractivity contribution is 5.78. The molecule has 2 aromatic rings. The van der Waals surface area contributed by atoms with E-state index in [0.29, 0.717) is 26.1 Å². The smallest absolute Gasteiger partial charge is 0.242 e. The van der Waals surface area contributed by atoms with Crippen molar-refractivity contribution in [1.29, 1.82) is 0 Å². The fraction of sp³-hybridized carbons (Fsp3) is 0.524. The molecule has 28 heavy (non-hydrogen) atoms. The molecule has 0 unspecified atom stereocenters. The van der Waals surface area contributed by atoms with E-state index in [9.17, 15) is 9.59 Å². The normalized spacial score (nSPS) is 22.7. The molecule has 0 aromatic carbocycles. The Morgan fingerprint density at radius 1 is 1.25 bits per heavy atom. The van der Waals surface area contributed by atoms with Crippen LogP contribution in [0.5, 0.6) is 0 Å². The molecule has 2 saturated heterocycles. The van der Waals surface area contributed by atoms with Crippen molar-refractivity contribution in [2.45, 2.75) is 45.7 Å². The van der Waals surface area contributed by atoms with Gasteiger partial charge in [-0.05, 0) is 37.8 Å². The third-order valence-corrected chi connectivity index (χ3v) is 6.09. The summed E-state index contributed by atoms with van der Waals surface area (Å²) in [5.74, 6) is 1.19. The van der Waals surface area contributed by atoms with E-state index < -0.39 is 0 Å². The zero-order chi connectivity index (χ0) is 19.6. The van der Waals surface area contributed by atoms with Crippen molar-refractivity contribution >= 4 is 11.8 Å². The topological polar surface area (TPSA) is 71.3 Å². The van der Waals surface area contributed by atoms with Gasteiger partial charge in [-0.25, -0.2) is 4.98 Å². The quantitative estimate of drug-likeness (QED) is 0.812. The molecule has 1 spiro atoms. The maximum Gasteiger partial charge on any atom is 0.242 e. The van der Waals surface area contributed by atoms with Crippen LogP contribution in [0.4, 0.5) is 0 Å². The molecule has 0 N–H and O–H groups in total. The summed E-state index contributed by atoms with van der Waals surface area (Å²) in [4.78, 5) is 37.7. The van der Waals surface area contributed by atoms with Gasteiger partial charge in [-0.15, -0.1) is 0 Å². The van der Waals surface area contributed by atoms with E-state index in [1.165, 1.54) is 0 Å². The first-order valence-corrected chi connectivity index (χ1v) is 9.97. The SMILES string of the molecule is Cc1nccn1CC(=O)N1CCC[C@@]2(CCC(=O)N(Cc3cccnc3)C2)C1. The predicted octanol–water partition coefficient (Wildman–Crippen LogP) is 2.02. The van der Waals surface area contributed by atoms with Crippen LogP contribution in [0.3, 0.4) is 0 Å². The number of imidazole rings is 1. The lowest BCUT2D eigenvalue weighted by molar-refractivity contribution is -0.144. The number of rotatable bonds is 4. The number of hydrogen-bond acceptors (Lipinski definition) is 4. The van der Waals surface area contributed by atoms with Crippen molar-refractivity contribution in [2.24, 2.45) is 5.41 Å². The number of aryl methyl sites for hydroxylation is 1. The third kappa shape index (κ3) is 3.93. The van der Waals surface area contributed by atoms with Gasteiger partial charge in [0.2, 0.25) is 11.8 Å². The minimum absolute atomic E-state index is 0.00795. The summed E-state index contributed by atoms with van der Waals surface area (Å²) >= 11 is 0. The van der Waals surface area contributed by atoms with Gasteiger partial charge in [-0.1, -0.05) is 6.07 Å². The van der Waals surface area contributed by atoms with Crippen LogP contribution >= 0.6 is 0 Å². The van der Waals surface area contributed by atoms with Crippen molar-refractivity contribution in [1.82, 2.24) is 24.3 Å². The largest absolute Gasteiger partial charge is 0.341 e. The van der Waals surface area contributed by atoms with Crippen molar-refractivity contribution in [2.75, 3.05) is 19.6 Å². The zero-order valence-electron chi connectivity index (χ0n) is 16.4. The summed E-state index contributed by atoms with van der Waals surface area (Å²) in [6.45, 7) is 5.08. The molecule has 2 fully saturated rings. The molecule has 0 radical (unpaired) electrons. The third-order valence-electron chi connectivity index (χ3n) is 6.09. The molecular formula is C21H27N5O2. The van der Waals surface area contributed by atoms with Crippen LogP contribution in [0.15, 0.2) is 36.9 Å². The Morgan fingerprint density at radius 3 is 2.89 bits per heavy atom. The number of piperidine rings is 2. The maximum absolute atomic E-state index is 12.9. The number of nitrogens with zero attached hydrogens (tertiary/aromatic N) is 5. The molecule has 2 amide bonds. The Kier molecular flexibility index (Phi) is 5.15. The van der Waals surface area contributed by atoms with Gasteiger partial charge in [0.25, 0.3) is 0 Å². The van der Waals surface area contributed by atoms with Crippen molar-refractivity contribution in [3.05, 3.63) is 48.3 Å². The minimum atomic E-state index is 0.00795. The molecule has 0 bridgehead atoms. The number of carbonyl (C=O) groups is 2. The summed E-state index contributed by atoms with van der Waals surface area (Å²) in [6, 6.07) is 3.91. The molecule has 2 aliphatic rings. The fourth-order valence-corrected chi connectivity index (χ4v) is 4.53. The first-order chi connectivity index (χ1) is 13.5. The van der Waals surface area contributed by atoms with Gasteiger partial charge < -0.3 is 14.4 Å². The Morgan fingerprint density at radius 2 is 2.14 bits per heavy atom. The molecule has 0 aliphatic carbocycles. The molecule has 1 atom stereocenters. The lowest BCUT2D eigenvalue weighted by Gasteiger charge is -2.48. The second-order valence-corrected chi connectivity index (χ2v) is 8.13. The molecule has 7 heteroatoms. The molecule has 4 rings (SSSR count). The fourth-order valence-electron chi connectivity index (χ4n) is 4.53. The van der Waals surface area contributed by atoms with Crippen LogP contribution < -0.4 is 0 Å². The van der Waals surface area contributed by atoms with Gasteiger partial charge in [0.15, 0.2) is 0 Å². The first-order valence-electron chi connectivity index (χ1n) is 9.97. The lowest BCUT2D eigenvalue weighted by Crippen LogP contribution is -2.55. The zero-order valence-corrected chi connectivity index (χ0v) is 16.4. The van der Waals surface area contributed by atoms with E-state index in [0.717, 1.165) is 43.7 Å². The number of carbonyl (C=O) groups excluding carboxylic acids is 2. The molecule has 7 nitrogen and oxygen atoms in total. The standard InChI is InChI=1S/C21H27N5O2/c1-17-23-9-11-24(17)14-20(28)25-10-3-6-21(15-25)7-5-19(27)26(16-21)13-18-4-2-8-22-12-18/h2,4,8-9,11-12H,3,5-7,10,13-16H2,1H3/t21-/m1/s1. The van der Waals surface area contributed by atoms with Crippen LogP contribution in [0.1, 0.15) is 37.1 Å². The number of hydrogen-bond donors (Lipinski definition) is 0. The summed E-state index contributed by atoms with van der Waals surface area (Å²) < 4.78 is 1.89. The van der Waals surface area contributed by atoms with E-state index in [-0.39, 0.29) is 17.2 Å². The van der Waals surface area contributed by atoms with Gasteiger partial charge in [0.05, 0.1) is 0 Å². The summed E-state index contributed by atoms with van der Waals surface area (Å²) in [6.07, 6.45) is 10.6. The lowest BCUT2D eigenvalue weighted by atomic mass is 9.73. The predicted molar refractivity (Wildman–Crippen MR) is 104 cm³/mol. The summed E-state index contributed by atoms with van der Waals surface area (Å²) in [5, 5.41) is 0. The van der Waals surface area contributed by atoms with Crippen molar-refractivity contribution in [3.8, 4) is 0 Å². The van der Waals surface area contributed by atoms with Gasteiger partial charge in [0, 0.05) is 62.8 Å². The Balaban J connectivity index is 1.44. The van der Waals surface area contributed by atoms with Crippen LogP contribution in [0.2, 0.25) is 0 Å². The molecule has 2 aromatic heterocycles. The molecule has 0 saturated carbocycles. The van der Waals surface area contributed by atoms with Crippen LogP contribution in [-0.2, 0) is 22.7 Å². The average molecular weight is 381 g/mol. The van der Waals surface area contributed by atoms with Crippen molar-refractivity contribution in [3.63, 3.8) is 0 Å². The molecule has 2 aliphatic heterocycles. The highest BCUT2D eigenvalue weighted by atomic mass is 16.2. The van der Waals surface area contributed by atoms with Crippen LogP contribution in [0, 0.1) is 12.3 Å². The molecule has 148 valence electrons. The number of likely N-dealkylation sites (tertiary alicyclic amines) is 2. The Hall–Kier alpha value is -2.70. The molecular weight excluding hydrogens is 354 g/mol. The van der Waals surface area contributed by atoms with Crippen LogP contribution in [0.25, 0.3) is 0 Å². The Labute approximate surface area is 165 Å². The first kappa shape index (κ1) is 18.7. The second-order valence-electron chi connectivity index (χ2n) is 8.13. The number of pyridine rings is 1. The van der Waals surface area contributed by atoms with Crippen molar-refractivity contribution < 1.29 is 9.59 Å². The van der Waals surface area contributed by atoms with E-state index in [4.69, 9.17) is 0 Å². The van der Waals surface area contributed by atoms with E-state index >= 15 is 0 Å². The van der Waals surface area contributed by atoms with Gasteiger partial charge in [-0.2, -0.15) is 0 Å². The van der Waals surface area contributed by atoms with Gasteiger partial charge in [0.1, 0.15) is 12.4 Å².